The van der Waals surface area contributed by atoms with Gasteiger partial charge in [-0.05, 0) is 31.9 Å². The molecule has 2 atom stereocenters. The molecule has 19 heavy (non-hydrogen) atoms. The topological polar surface area (TPSA) is 78.4 Å². The van der Waals surface area contributed by atoms with Gasteiger partial charge >= 0.3 is 0 Å². The van der Waals surface area contributed by atoms with Crippen molar-refractivity contribution in [3.05, 3.63) is 35.1 Å². The number of amides is 2. The summed E-state index contributed by atoms with van der Waals surface area (Å²) in [7, 11) is 0. The predicted molar refractivity (Wildman–Crippen MR) is 65.8 cm³/mol. The Morgan fingerprint density at radius 2 is 2.21 bits per heavy atom. The summed E-state index contributed by atoms with van der Waals surface area (Å²) in [6.45, 7) is 1.75. The van der Waals surface area contributed by atoms with Crippen LogP contribution in [-0.2, 0) is 4.79 Å². The van der Waals surface area contributed by atoms with E-state index < -0.39 is 29.9 Å². The van der Waals surface area contributed by atoms with Gasteiger partial charge in [0.05, 0.1) is 5.56 Å². The van der Waals surface area contributed by atoms with Crippen LogP contribution in [0.15, 0.2) is 18.2 Å². The van der Waals surface area contributed by atoms with Crippen LogP contribution in [0.3, 0.4) is 0 Å². The molecular weight excluding hydrogens is 251 g/mol. The number of aryl methyl sites for hydroxylation is 1. The Morgan fingerprint density at radius 3 is 2.89 bits per heavy atom. The average Bonchev–Trinajstić information content (AvgIpc) is 2.35. The van der Waals surface area contributed by atoms with E-state index in [-0.39, 0.29) is 5.56 Å². The lowest BCUT2D eigenvalue weighted by Crippen LogP contribution is -2.53. The summed E-state index contributed by atoms with van der Waals surface area (Å²) in [5.41, 5.74) is 0.675. The van der Waals surface area contributed by atoms with Crippen molar-refractivity contribution in [1.82, 2.24) is 10.6 Å². The molecule has 1 heterocycles. The van der Waals surface area contributed by atoms with Crippen molar-refractivity contribution in [3.63, 3.8) is 0 Å². The largest absolute Gasteiger partial charge is 0.374 e. The minimum atomic E-state index is -0.878. The Balaban J connectivity index is 2.09. The van der Waals surface area contributed by atoms with Crippen LogP contribution in [0.4, 0.5) is 4.39 Å². The van der Waals surface area contributed by atoms with Crippen molar-refractivity contribution in [2.75, 3.05) is 0 Å². The number of carbonyl (C=O) groups is 2. The minimum Gasteiger partial charge on any atom is -0.374 e. The smallest absolute Gasteiger partial charge is 0.254 e. The molecule has 0 aromatic heterocycles. The van der Waals surface area contributed by atoms with Crippen LogP contribution in [0.2, 0.25) is 0 Å². The summed E-state index contributed by atoms with van der Waals surface area (Å²) in [6.07, 6.45) is -0.199. The highest BCUT2D eigenvalue weighted by molar-refractivity contribution is 5.98. The SMILES string of the molecule is Cc1ccc(F)c(C(=O)NC2CCC(O)NC2=O)c1. The third-order valence-corrected chi connectivity index (χ3v) is 3.03. The van der Waals surface area contributed by atoms with E-state index in [1.165, 1.54) is 12.1 Å². The number of aliphatic hydroxyl groups is 1. The van der Waals surface area contributed by atoms with Gasteiger partial charge in [0, 0.05) is 0 Å². The number of piperidine rings is 1. The second-order valence-electron chi connectivity index (χ2n) is 4.61. The van der Waals surface area contributed by atoms with Crippen molar-refractivity contribution >= 4 is 11.8 Å². The Morgan fingerprint density at radius 1 is 1.47 bits per heavy atom. The molecule has 1 fully saturated rings. The molecule has 3 N–H and O–H groups in total. The van der Waals surface area contributed by atoms with Gasteiger partial charge < -0.3 is 15.7 Å². The Bertz CT molecular complexity index is 519. The molecule has 0 saturated carbocycles. The number of nitrogens with one attached hydrogen (secondary N) is 2. The molecule has 0 radical (unpaired) electrons. The summed E-state index contributed by atoms with van der Waals surface area (Å²) in [5, 5.41) is 14.0. The third kappa shape index (κ3) is 3.08. The van der Waals surface area contributed by atoms with Crippen molar-refractivity contribution in [2.45, 2.75) is 32.0 Å². The van der Waals surface area contributed by atoms with Crippen LogP contribution in [-0.4, -0.2) is 29.2 Å². The maximum atomic E-state index is 13.5. The monoisotopic (exact) mass is 266 g/mol. The quantitative estimate of drug-likeness (QED) is 0.727. The number of hydrogen-bond donors (Lipinski definition) is 3. The summed E-state index contributed by atoms with van der Waals surface area (Å²) in [4.78, 5) is 23.5. The van der Waals surface area contributed by atoms with Gasteiger partial charge in [-0.15, -0.1) is 0 Å². The molecule has 2 unspecified atom stereocenters. The van der Waals surface area contributed by atoms with E-state index in [2.05, 4.69) is 10.6 Å². The predicted octanol–water partition coefficient (Wildman–Crippen LogP) is 0.461. The number of rotatable bonds is 2. The summed E-state index contributed by atoms with van der Waals surface area (Å²) in [6, 6.07) is 3.47. The van der Waals surface area contributed by atoms with E-state index in [1.807, 2.05) is 0 Å². The lowest BCUT2D eigenvalue weighted by atomic mass is 10.0. The number of aliphatic hydroxyl groups excluding tert-OH is 1. The summed E-state index contributed by atoms with van der Waals surface area (Å²) in [5.74, 6) is -1.71. The average molecular weight is 266 g/mol. The molecule has 6 heteroatoms. The Hall–Kier alpha value is -1.95. The molecule has 5 nitrogen and oxygen atoms in total. The van der Waals surface area contributed by atoms with E-state index in [1.54, 1.807) is 13.0 Å². The maximum Gasteiger partial charge on any atom is 0.254 e. The highest BCUT2D eigenvalue weighted by atomic mass is 19.1. The van der Waals surface area contributed by atoms with Gasteiger partial charge in [0.15, 0.2) is 0 Å². The highest BCUT2D eigenvalue weighted by Crippen LogP contribution is 2.12. The molecule has 0 spiro atoms. The zero-order chi connectivity index (χ0) is 14.0. The zero-order valence-corrected chi connectivity index (χ0v) is 10.4. The van der Waals surface area contributed by atoms with Crippen LogP contribution in [0.25, 0.3) is 0 Å². The molecule has 1 aromatic rings. The first kappa shape index (κ1) is 13.5. The maximum absolute atomic E-state index is 13.5. The molecule has 0 bridgehead atoms. The van der Waals surface area contributed by atoms with E-state index in [0.717, 1.165) is 5.56 Å². The van der Waals surface area contributed by atoms with Crippen LogP contribution in [0, 0.1) is 12.7 Å². The lowest BCUT2D eigenvalue weighted by Gasteiger charge is -2.26. The van der Waals surface area contributed by atoms with Gasteiger partial charge in [0.1, 0.15) is 18.1 Å². The minimum absolute atomic E-state index is 0.0843. The van der Waals surface area contributed by atoms with E-state index >= 15 is 0 Å². The van der Waals surface area contributed by atoms with Gasteiger partial charge in [0.2, 0.25) is 5.91 Å². The number of carbonyl (C=O) groups excluding carboxylic acids is 2. The van der Waals surface area contributed by atoms with Crippen molar-refractivity contribution in [3.8, 4) is 0 Å². The standard InChI is InChI=1S/C13H15FN2O3/c1-7-2-3-9(14)8(6-7)12(18)15-10-4-5-11(17)16-13(10)19/h2-3,6,10-11,17H,4-5H2,1H3,(H,15,18)(H,16,19). The van der Waals surface area contributed by atoms with Gasteiger partial charge in [-0.2, -0.15) is 0 Å². The third-order valence-electron chi connectivity index (χ3n) is 3.03. The fourth-order valence-corrected chi connectivity index (χ4v) is 1.98. The van der Waals surface area contributed by atoms with Gasteiger partial charge in [0.25, 0.3) is 5.91 Å². The molecule has 1 aliphatic rings. The first-order valence-electron chi connectivity index (χ1n) is 6.03. The van der Waals surface area contributed by atoms with Crippen molar-refractivity contribution in [2.24, 2.45) is 0 Å². The van der Waals surface area contributed by atoms with E-state index in [4.69, 9.17) is 0 Å². The zero-order valence-electron chi connectivity index (χ0n) is 10.4. The number of benzene rings is 1. The Kier molecular flexibility index (Phi) is 3.80. The van der Waals surface area contributed by atoms with Crippen molar-refractivity contribution in [1.29, 1.82) is 0 Å². The lowest BCUT2D eigenvalue weighted by molar-refractivity contribution is -0.128. The first-order valence-corrected chi connectivity index (χ1v) is 6.03. The Labute approximate surface area is 109 Å². The normalized spacial score (nSPS) is 22.8. The number of halogens is 1. The van der Waals surface area contributed by atoms with Gasteiger partial charge in [-0.1, -0.05) is 11.6 Å². The molecule has 102 valence electrons. The second kappa shape index (κ2) is 5.36. The van der Waals surface area contributed by atoms with Crippen LogP contribution < -0.4 is 10.6 Å². The molecule has 1 aromatic carbocycles. The van der Waals surface area contributed by atoms with E-state index in [0.29, 0.717) is 12.8 Å². The number of hydrogen-bond acceptors (Lipinski definition) is 3. The molecule has 1 saturated heterocycles. The van der Waals surface area contributed by atoms with Gasteiger partial charge in [-0.25, -0.2) is 4.39 Å². The highest BCUT2D eigenvalue weighted by Gasteiger charge is 2.28. The van der Waals surface area contributed by atoms with Gasteiger partial charge in [-0.3, -0.25) is 9.59 Å². The van der Waals surface area contributed by atoms with E-state index in [9.17, 15) is 19.1 Å². The molecule has 1 aliphatic heterocycles. The fraction of sp³-hybridized carbons (Fsp3) is 0.385. The fourth-order valence-electron chi connectivity index (χ4n) is 1.98. The van der Waals surface area contributed by atoms with Crippen LogP contribution in [0.1, 0.15) is 28.8 Å². The van der Waals surface area contributed by atoms with Crippen molar-refractivity contribution < 1.29 is 19.1 Å². The molecule has 0 aliphatic carbocycles. The summed E-state index contributed by atoms with van der Waals surface area (Å²) >= 11 is 0. The molecule has 2 rings (SSSR count). The second-order valence-corrected chi connectivity index (χ2v) is 4.61. The summed E-state index contributed by atoms with van der Waals surface area (Å²) < 4.78 is 13.5. The first-order chi connectivity index (χ1) is 8.97. The van der Waals surface area contributed by atoms with Crippen LogP contribution in [0.5, 0.6) is 0 Å². The van der Waals surface area contributed by atoms with Crippen LogP contribution >= 0.6 is 0 Å². The molecular formula is C13H15FN2O3. The molecule has 2 amide bonds.